The van der Waals surface area contributed by atoms with Crippen LogP contribution in [0.25, 0.3) is 0 Å². The lowest BCUT2D eigenvalue weighted by atomic mass is 10.1. The van der Waals surface area contributed by atoms with E-state index in [9.17, 15) is 13.5 Å². The Morgan fingerprint density at radius 1 is 1.47 bits per heavy atom. The minimum absolute atomic E-state index is 0.0196. The predicted molar refractivity (Wildman–Crippen MR) is 69.7 cm³/mol. The fraction of sp³-hybridized carbons (Fsp3) is 0.750. The van der Waals surface area contributed by atoms with E-state index in [0.717, 1.165) is 18.5 Å². The van der Waals surface area contributed by atoms with Crippen LogP contribution in [0.1, 0.15) is 44.3 Å². The van der Waals surface area contributed by atoms with Crippen molar-refractivity contribution in [1.82, 2.24) is 9.55 Å². The number of aliphatic hydroxyl groups excluding tert-OH is 2. The molecule has 0 radical (unpaired) electrons. The van der Waals surface area contributed by atoms with Gasteiger partial charge in [0.2, 0.25) is 15.0 Å². The summed E-state index contributed by atoms with van der Waals surface area (Å²) in [7, 11) is -3.68. The first kappa shape index (κ1) is 14.5. The van der Waals surface area contributed by atoms with Crippen molar-refractivity contribution in [3.8, 4) is 0 Å². The third-order valence-electron chi connectivity index (χ3n) is 3.20. The van der Waals surface area contributed by atoms with Crippen LogP contribution in [0.15, 0.2) is 11.4 Å². The Bertz CT molecular complexity index is 546. The predicted octanol–water partition coefficient (Wildman–Crippen LogP) is 0.468. The SMILES string of the molecule is CC(C)c1cnc(S(=O)(=O)C[C@@H](O)CO)n1C1CC1. The first-order valence-corrected chi connectivity index (χ1v) is 8.11. The summed E-state index contributed by atoms with van der Waals surface area (Å²) in [5, 5.41) is 18.2. The summed E-state index contributed by atoms with van der Waals surface area (Å²) < 4.78 is 26.3. The highest BCUT2D eigenvalue weighted by Crippen LogP contribution is 2.39. The van der Waals surface area contributed by atoms with E-state index in [4.69, 9.17) is 5.11 Å². The summed E-state index contributed by atoms with van der Waals surface area (Å²) in [6, 6.07) is 0.205. The fourth-order valence-corrected chi connectivity index (χ4v) is 3.62. The molecule has 1 fully saturated rings. The van der Waals surface area contributed by atoms with Gasteiger partial charge in [-0.3, -0.25) is 0 Å². The van der Waals surface area contributed by atoms with Gasteiger partial charge in [0.1, 0.15) is 0 Å². The van der Waals surface area contributed by atoms with Crippen LogP contribution in [0.3, 0.4) is 0 Å². The molecule has 1 atom stereocenters. The van der Waals surface area contributed by atoms with Crippen molar-refractivity contribution in [1.29, 1.82) is 0 Å². The third kappa shape index (κ3) is 2.98. The molecule has 0 unspecified atom stereocenters. The van der Waals surface area contributed by atoms with Crippen molar-refractivity contribution in [2.24, 2.45) is 0 Å². The van der Waals surface area contributed by atoms with Gasteiger partial charge in [0, 0.05) is 17.9 Å². The highest BCUT2D eigenvalue weighted by molar-refractivity contribution is 7.91. The molecule has 1 aliphatic rings. The first-order valence-electron chi connectivity index (χ1n) is 6.45. The highest BCUT2D eigenvalue weighted by Gasteiger charge is 2.34. The van der Waals surface area contributed by atoms with Crippen LogP contribution in [-0.2, 0) is 9.84 Å². The monoisotopic (exact) mass is 288 g/mol. The number of hydrogen-bond acceptors (Lipinski definition) is 5. The summed E-state index contributed by atoms with van der Waals surface area (Å²) >= 11 is 0. The van der Waals surface area contributed by atoms with E-state index in [0.29, 0.717) is 0 Å². The van der Waals surface area contributed by atoms with Crippen molar-refractivity contribution in [2.45, 2.75) is 49.9 Å². The van der Waals surface area contributed by atoms with Crippen molar-refractivity contribution in [3.05, 3.63) is 11.9 Å². The van der Waals surface area contributed by atoms with Crippen LogP contribution in [0.4, 0.5) is 0 Å². The molecule has 0 aliphatic heterocycles. The highest BCUT2D eigenvalue weighted by atomic mass is 32.2. The third-order valence-corrected chi connectivity index (χ3v) is 4.88. The second kappa shape index (κ2) is 5.22. The molecule has 2 N–H and O–H groups in total. The number of aromatic nitrogens is 2. The molecule has 1 aromatic heterocycles. The van der Waals surface area contributed by atoms with Crippen LogP contribution in [0.2, 0.25) is 0 Å². The second-order valence-electron chi connectivity index (χ2n) is 5.34. The van der Waals surface area contributed by atoms with Gasteiger partial charge in [0.25, 0.3) is 0 Å². The number of nitrogens with zero attached hydrogens (tertiary/aromatic N) is 2. The molecule has 1 aliphatic carbocycles. The largest absolute Gasteiger partial charge is 0.394 e. The standard InChI is InChI=1S/C12H20N2O4S/c1-8(2)11-5-13-12(14(11)9-3-4-9)19(17,18)7-10(16)6-15/h5,8-10,15-16H,3-4,6-7H2,1-2H3/t10-/m0/s1. The zero-order valence-corrected chi connectivity index (χ0v) is 12.0. The Morgan fingerprint density at radius 3 is 2.58 bits per heavy atom. The number of hydrogen-bond donors (Lipinski definition) is 2. The molecule has 108 valence electrons. The molecule has 0 saturated heterocycles. The lowest BCUT2D eigenvalue weighted by molar-refractivity contribution is 0.112. The van der Waals surface area contributed by atoms with Gasteiger partial charge in [-0.2, -0.15) is 0 Å². The van der Waals surface area contributed by atoms with Gasteiger partial charge in [0.05, 0.1) is 18.5 Å². The number of imidazole rings is 1. The molecule has 0 aromatic carbocycles. The van der Waals surface area contributed by atoms with Crippen LogP contribution in [0, 0.1) is 0 Å². The molecule has 1 aromatic rings. The second-order valence-corrected chi connectivity index (χ2v) is 7.27. The Hall–Kier alpha value is -0.920. The van der Waals surface area contributed by atoms with Crippen molar-refractivity contribution >= 4 is 9.84 Å². The summed E-state index contributed by atoms with van der Waals surface area (Å²) in [6.45, 7) is 3.42. The van der Waals surface area contributed by atoms with E-state index in [-0.39, 0.29) is 17.1 Å². The zero-order chi connectivity index (χ0) is 14.2. The molecular weight excluding hydrogens is 268 g/mol. The molecule has 6 nitrogen and oxygen atoms in total. The quantitative estimate of drug-likeness (QED) is 0.793. The molecule has 1 saturated carbocycles. The van der Waals surface area contributed by atoms with E-state index in [1.54, 1.807) is 10.8 Å². The van der Waals surface area contributed by atoms with Gasteiger partial charge < -0.3 is 14.8 Å². The Kier molecular flexibility index (Phi) is 3.98. The average molecular weight is 288 g/mol. The molecule has 1 heterocycles. The minimum Gasteiger partial charge on any atom is -0.394 e. The van der Waals surface area contributed by atoms with Gasteiger partial charge in [-0.05, 0) is 18.8 Å². The molecular formula is C12H20N2O4S. The summed E-state index contributed by atoms with van der Waals surface area (Å²) in [5.41, 5.74) is 0.902. The number of sulfone groups is 1. The smallest absolute Gasteiger partial charge is 0.228 e. The normalized spacial score (nSPS) is 17.9. The van der Waals surface area contributed by atoms with E-state index < -0.39 is 28.3 Å². The van der Waals surface area contributed by atoms with Crippen molar-refractivity contribution in [2.75, 3.05) is 12.4 Å². The van der Waals surface area contributed by atoms with Gasteiger partial charge in [-0.25, -0.2) is 13.4 Å². The number of rotatable bonds is 6. The minimum atomic E-state index is -3.68. The Balaban J connectivity index is 2.39. The lowest BCUT2D eigenvalue weighted by Crippen LogP contribution is -2.26. The zero-order valence-electron chi connectivity index (χ0n) is 11.2. The maximum atomic E-state index is 12.2. The summed E-state index contributed by atoms with van der Waals surface area (Å²) in [5.74, 6) is -0.301. The van der Waals surface area contributed by atoms with Crippen LogP contribution >= 0.6 is 0 Å². The van der Waals surface area contributed by atoms with E-state index in [1.165, 1.54) is 0 Å². The van der Waals surface area contributed by atoms with Crippen molar-refractivity contribution < 1.29 is 18.6 Å². The Labute approximate surface area is 113 Å². The van der Waals surface area contributed by atoms with E-state index in [1.807, 2.05) is 13.8 Å². The van der Waals surface area contributed by atoms with Gasteiger partial charge >= 0.3 is 0 Å². The Morgan fingerprint density at radius 2 is 2.11 bits per heavy atom. The van der Waals surface area contributed by atoms with Gasteiger partial charge in [0.15, 0.2) is 0 Å². The first-order chi connectivity index (χ1) is 8.86. The maximum Gasteiger partial charge on any atom is 0.228 e. The fourth-order valence-electron chi connectivity index (χ4n) is 2.09. The van der Waals surface area contributed by atoms with Crippen LogP contribution in [0.5, 0.6) is 0 Å². The van der Waals surface area contributed by atoms with E-state index in [2.05, 4.69) is 4.98 Å². The molecule has 2 rings (SSSR count). The maximum absolute atomic E-state index is 12.2. The molecule has 7 heteroatoms. The summed E-state index contributed by atoms with van der Waals surface area (Å²) in [4.78, 5) is 4.04. The van der Waals surface area contributed by atoms with E-state index >= 15 is 0 Å². The van der Waals surface area contributed by atoms with Crippen molar-refractivity contribution in [3.63, 3.8) is 0 Å². The lowest BCUT2D eigenvalue weighted by Gasteiger charge is -2.14. The average Bonchev–Trinajstić information content (AvgIpc) is 3.05. The van der Waals surface area contributed by atoms with Crippen LogP contribution < -0.4 is 0 Å². The van der Waals surface area contributed by atoms with Crippen LogP contribution in [-0.4, -0.2) is 46.6 Å². The topological polar surface area (TPSA) is 92.4 Å². The molecule has 0 spiro atoms. The molecule has 0 bridgehead atoms. The summed E-state index contributed by atoms with van der Waals surface area (Å²) in [6.07, 6.45) is 2.25. The van der Waals surface area contributed by atoms with Gasteiger partial charge in [-0.1, -0.05) is 13.8 Å². The number of aliphatic hydroxyl groups is 2. The van der Waals surface area contributed by atoms with Gasteiger partial charge in [-0.15, -0.1) is 0 Å². The molecule has 0 amide bonds. The molecule has 19 heavy (non-hydrogen) atoms.